The zero-order chi connectivity index (χ0) is 15.1. The minimum Gasteiger partial charge on any atom is -0.508 e. The van der Waals surface area contributed by atoms with Crippen molar-refractivity contribution in [2.24, 2.45) is 4.99 Å². The van der Waals surface area contributed by atoms with Gasteiger partial charge in [0.2, 0.25) is 0 Å². The van der Waals surface area contributed by atoms with Gasteiger partial charge >= 0.3 is 0 Å². The first-order chi connectivity index (χ1) is 10.2. The summed E-state index contributed by atoms with van der Waals surface area (Å²) in [6.45, 7) is 6.11. The first kappa shape index (κ1) is 15.3. The Morgan fingerprint density at radius 3 is 2.67 bits per heavy atom. The molecule has 2 aromatic rings. The standard InChI is InChI=1S/C15H20N4OS/c1-3-16-15(19-10-14-17-8-11(2)21-14)18-9-12-4-6-13(20)7-5-12/h4-8,20H,3,9-10H2,1-2H3,(H2,16,18,19). The molecule has 21 heavy (non-hydrogen) atoms. The second kappa shape index (κ2) is 7.64. The smallest absolute Gasteiger partial charge is 0.191 e. The van der Waals surface area contributed by atoms with Crippen molar-refractivity contribution < 1.29 is 5.11 Å². The summed E-state index contributed by atoms with van der Waals surface area (Å²) >= 11 is 1.68. The molecule has 3 N–H and O–H groups in total. The first-order valence-corrected chi connectivity index (χ1v) is 7.70. The van der Waals surface area contributed by atoms with Crippen molar-refractivity contribution in [3.05, 3.63) is 45.9 Å². The topological polar surface area (TPSA) is 69.5 Å². The minimum atomic E-state index is 0.270. The number of aromatic hydroxyl groups is 1. The highest BCUT2D eigenvalue weighted by molar-refractivity contribution is 7.11. The highest BCUT2D eigenvalue weighted by Crippen LogP contribution is 2.11. The van der Waals surface area contributed by atoms with Crippen LogP contribution < -0.4 is 10.6 Å². The summed E-state index contributed by atoms with van der Waals surface area (Å²) in [5, 5.41) is 16.8. The van der Waals surface area contributed by atoms with Gasteiger partial charge in [-0.05, 0) is 31.5 Å². The van der Waals surface area contributed by atoms with E-state index in [2.05, 4.69) is 20.6 Å². The van der Waals surface area contributed by atoms with Gasteiger partial charge in [-0.2, -0.15) is 0 Å². The van der Waals surface area contributed by atoms with Crippen molar-refractivity contribution in [3.63, 3.8) is 0 Å². The SMILES string of the molecule is CCNC(=NCc1ccc(O)cc1)NCc1ncc(C)s1. The molecular formula is C15H20N4OS. The van der Waals surface area contributed by atoms with Crippen LogP contribution in [0.1, 0.15) is 22.4 Å². The molecule has 0 saturated carbocycles. The molecule has 1 aromatic carbocycles. The lowest BCUT2D eigenvalue weighted by molar-refractivity contribution is 0.475. The van der Waals surface area contributed by atoms with Crippen molar-refractivity contribution >= 4 is 17.3 Å². The molecule has 112 valence electrons. The molecule has 0 aliphatic rings. The van der Waals surface area contributed by atoms with E-state index in [4.69, 9.17) is 0 Å². The number of rotatable bonds is 5. The fourth-order valence-electron chi connectivity index (χ4n) is 1.76. The minimum absolute atomic E-state index is 0.270. The van der Waals surface area contributed by atoms with E-state index in [1.165, 1.54) is 4.88 Å². The van der Waals surface area contributed by atoms with Gasteiger partial charge in [0.1, 0.15) is 10.8 Å². The van der Waals surface area contributed by atoms with Crippen LogP contribution in [-0.4, -0.2) is 22.6 Å². The van der Waals surface area contributed by atoms with Crippen molar-refractivity contribution in [1.82, 2.24) is 15.6 Å². The third kappa shape index (κ3) is 5.07. The first-order valence-electron chi connectivity index (χ1n) is 6.88. The maximum atomic E-state index is 9.26. The fraction of sp³-hybridized carbons (Fsp3) is 0.333. The molecule has 0 fully saturated rings. The second-order valence-electron chi connectivity index (χ2n) is 4.58. The van der Waals surface area contributed by atoms with Crippen LogP contribution >= 0.6 is 11.3 Å². The van der Waals surface area contributed by atoms with Crippen molar-refractivity contribution in [3.8, 4) is 5.75 Å². The van der Waals surface area contributed by atoms with E-state index in [-0.39, 0.29) is 5.75 Å². The van der Waals surface area contributed by atoms with Crippen LogP contribution in [0.5, 0.6) is 5.75 Å². The molecule has 0 aliphatic carbocycles. The number of hydrogen-bond acceptors (Lipinski definition) is 4. The molecule has 0 radical (unpaired) electrons. The van der Waals surface area contributed by atoms with Gasteiger partial charge in [0, 0.05) is 17.6 Å². The van der Waals surface area contributed by atoms with Crippen LogP contribution in [0.25, 0.3) is 0 Å². The lowest BCUT2D eigenvalue weighted by Gasteiger charge is -2.10. The molecule has 0 unspecified atom stereocenters. The van der Waals surface area contributed by atoms with E-state index in [1.807, 2.05) is 32.2 Å². The summed E-state index contributed by atoms with van der Waals surface area (Å²) < 4.78 is 0. The summed E-state index contributed by atoms with van der Waals surface area (Å²) in [7, 11) is 0. The average Bonchev–Trinajstić information content (AvgIpc) is 2.89. The Bertz CT molecular complexity index is 592. The average molecular weight is 304 g/mol. The molecular weight excluding hydrogens is 284 g/mol. The Labute approximate surface area is 128 Å². The molecule has 0 amide bonds. The molecule has 0 spiro atoms. The van der Waals surface area contributed by atoms with Gasteiger partial charge in [-0.3, -0.25) is 0 Å². The van der Waals surface area contributed by atoms with E-state index in [0.29, 0.717) is 13.1 Å². The van der Waals surface area contributed by atoms with Gasteiger partial charge < -0.3 is 15.7 Å². The Balaban J connectivity index is 1.93. The summed E-state index contributed by atoms with van der Waals surface area (Å²) in [6, 6.07) is 7.08. The predicted octanol–water partition coefficient (Wildman–Crippen LogP) is 2.41. The third-order valence-electron chi connectivity index (χ3n) is 2.78. The van der Waals surface area contributed by atoms with Gasteiger partial charge in [-0.1, -0.05) is 12.1 Å². The van der Waals surface area contributed by atoms with Gasteiger partial charge in [0.25, 0.3) is 0 Å². The maximum Gasteiger partial charge on any atom is 0.191 e. The van der Waals surface area contributed by atoms with Gasteiger partial charge in [-0.15, -0.1) is 11.3 Å². The molecule has 0 saturated heterocycles. The van der Waals surface area contributed by atoms with E-state index in [0.717, 1.165) is 23.1 Å². The monoisotopic (exact) mass is 304 g/mol. The van der Waals surface area contributed by atoms with Crippen molar-refractivity contribution in [2.45, 2.75) is 26.9 Å². The quantitative estimate of drug-likeness (QED) is 0.586. The largest absolute Gasteiger partial charge is 0.508 e. The van der Waals surface area contributed by atoms with Gasteiger partial charge in [0.15, 0.2) is 5.96 Å². The summed E-state index contributed by atoms with van der Waals surface area (Å²) in [4.78, 5) is 10.1. The predicted molar refractivity (Wildman–Crippen MR) is 86.6 cm³/mol. The number of aliphatic imine (C=N–C) groups is 1. The van der Waals surface area contributed by atoms with Crippen LogP contribution in [0.3, 0.4) is 0 Å². The van der Waals surface area contributed by atoms with Crippen molar-refractivity contribution in [2.75, 3.05) is 6.54 Å². The lowest BCUT2D eigenvalue weighted by atomic mass is 10.2. The Morgan fingerprint density at radius 1 is 1.29 bits per heavy atom. The zero-order valence-corrected chi connectivity index (χ0v) is 13.1. The molecule has 2 rings (SSSR count). The number of aryl methyl sites for hydroxylation is 1. The van der Waals surface area contributed by atoms with Crippen molar-refractivity contribution in [1.29, 1.82) is 0 Å². The summed E-state index contributed by atoms with van der Waals surface area (Å²) in [5.74, 6) is 1.03. The maximum absolute atomic E-state index is 9.26. The normalized spacial score (nSPS) is 11.4. The van der Waals surface area contributed by atoms with Crippen LogP contribution in [0.2, 0.25) is 0 Å². The summed E-state index contributed by atoms with van der Waals surface area (Å²) in [5.41, 5.74) is 1.05. The number of phenols is 1. The van der Waals surface area contributed by atoms with E-state index >= 15 is 0 Å². The molecule has 6 heteroatoms. The van der Waals surface area contributed by atoms with Crippen LogP contribution in [-0.2, 0) is 13.1 Å². The highest BCUT2D eigenvalue weighted by Gasteiger charge is 2.01. The van der Waals surface area contributed by atoms with Gasteiger partial charge in [-0.25, -0.2) is 9.98 Å². The number of guanidine groups is 1. The number of nitrogens with zero attached hydrogens (tertiary/aromatic N) is 2. The molecule has 5 nitrogen and oxygen atoms in total. The Hall–Kier alpha value is -2.08. The number of thiazole rings is 1. The molecule has 0 bridgehead atoms. The van der Waals surface area contributed by atoms with E-state index in [9.17, 15) is 5.11 Å². The molecule has 1 heterocycles. The summed E-state index contributed by atoms with van der Waals surface area (Å²) in [6.07, 6.45) is 1.88. The third-order valence-corrected chi connectivity index (χ3v) is 3.69. The number of aromatic nitrogens is 1. The number of hydrogen-bond donors (Lipinski definition) is 3. The van der Waals surface area contributed by atoms with E-state index < -0.39 is 0 Å². The fourth-order valence-corrected chi connectivity index (χ4v) is 2.48. The molecule has 0 aliphatic heterocycles. The Morgan fingerprint density at radius 2 is 2.05 bits per heavy atom. The number of benzene rings is 1. The molecule has 1 aromatic heterocycles. The highest BCUT2D eigenvalue weighted by atomic mass is 32.1. The van der Waals surface area contributed by atoms with Crippen LogP contribution in [0.15, 0.2) is 35.5 Å². The van der Waals surface area contributed by atoms with Gasteiger partial charge in [0.05, 0.1) is 13.1 Å². The zero-order valence-electron chi connectivity index (χ0n) is 12.3. The molecule has 0 atom stereocenters. The Kier molecular flexibility index (Phi) is 5.57. The number of nitrogens with one attached hydrogen (secondary N) is 2. The van der Waals surface area contributed by atoms with E-state index in [1.54, 1.807) is 23.5 Å². The van der Waals surface area contributed by atoms with Crippen LogP contribution in [0, 0.1) is 6.92 Å². The number of phenolic OH excluding ortho intramolecular Hbond substituents is 1. The lowest BCUT2D eigenvalue weighted by Crippen LogP contribution is -2.36. The van der Waals surface area contributed by atoms with Crippen LogP contribution in [0.4, 0.5) is 0 Å². The second-order valence-corrected chi connectivity index (χ2v) is 5.90.